The normalized spacial score (nSPS) is 12.5. The van der Waals surface area contributed by atoms with Crippen molar-refractivity contribution in [3.63, 3.8) is 0 Å². The molecule has 0 saturated carbocycles. The van der Waals surface area contributed by atoms with E-state index in [2.05, 4.69) is 19.2 Å². The Kier molecular flexibility index (Phi) is 6.16. The number of hydrogen-bond acceptors (Lipinski definition) is 2. The van der Waals surface area contributed by atoms with Gasteiger partial charge in [-0.15, -0.1) is 0 Å². The van der Waals surface area contributed by atoms with Gasteiger partial charge in [-0.3, -0.25) is 4.79 Å². The van der Waals surface area contributed by atoms with Gasteiger partial charge in [0.05, 0.1) is 10.6 Å². The number of carbonyl (C=O) groups excluding carboxylic acids is 1. The fourth-order valence-corrected chi connectivity index (χ4v) is 2.25. The van der Waals surface area contributed by atoms with Crippen LogP contribution in [0.25, 0.3) is 0 Å². The molecule has 106 valence electrons. The van der Waals surface area contributed by atoms with Gasteiger partial charge >= 0.3 is 0 Å². The Morgan fingerprint density at radius 3 is 2.58 bits per heavy atom. The maximum atomic E-state index is 12.1. The van der Waals surface area contributed by atoms with Crippen molar-refractivity contribution in [1.29, 1.82) is 0 Å². The third-order valence-electron chi connectivity index (χ3n) is 3.07. The van der Waals surface area contributed by atoms with Crippen LogP contribution < -0.4 is 11.1 Å². The van der Waals surface area contributed by atoms with Crippen molar-refractivity contribution in [3.8, 4) is 0 Å². The Hall–Kier alpha value is -1.22. The summed E-state index contributed by atoms with van der Waals surface area (Å²) in [6.45, 7) is 6.41. The minimum atomic E-state index is -0.194. The smallest absolute Gasteiger partial charge is 0.255 e. The maximum Gasteiger partial charge on any atom is 0.255 e. The molecule has 1 rings (SSSR count). The molecule has 0 fully saturated rings. The molecule has 19 heavy (non-hydrogen) atoms. The van der Waals surface area contributed by atoms with Crippen molar-refractivity contribution in [2.75, 3.05) is 5.73 Å². The van der Waals surface area contributed by atoms with Crippen molar-refractivity contribution in [3.05, 3.63) is 28.8 Å². The number of hydrogen-bond donors (Lipinski definition) is 2. The fourth-order valence-electron chi connectivity index (χ4n) is 1.98. The molecule has 0 heterocycles. The van der Waals surface area contributed by atoms with Crippen molar-refractivity contribution >= 4 is 23.2 Å². The van der Waals surface area contributed by atoms with Crippen LogP contribution in [0.1, 0.15) is 50.4 Å². The van der Waals surface area contributed by atoms with E-state index in [9.17, 15) is 4.79 Å². The first-order valence-electron chi connectivity index (χ1n) is 6.76. The first-order chi connectivity index (χ1) is 8.91. The highest BCUT2D eigenvalue weighted by Gasteiger charge is 2.15. The second-order valence-electron chi connectivity index (χ2n) is 5.40. The number of benzene rings is 1. The molecule has 0 saturated heterocycles. The number of anilines is 1. The second kappa shape index (κ2) is 7.39. The SMILES string of the molecule is CC(C)CCCC(C)NC(=O)c1c(N)cccc1Cl. The van der Waals surface area contributed by atoms with E-state index in [0.29, 0.717) is 22.2 Å². The van der Waals surface area contributed by atoms with Gasteiger partial charge in [0.15, 0.2) is 0 Å². The number of carbonyl (C=O) groups is 1. The topological polar surface area (TPSA) is 55.1 Å². The predicted molar refractivity (Wildman–Crippen MR) is 81.5 cm³/mol. The summed E-state index contributed by atoms with van der Waals surface area (Å²) in [5, 5.41) is 3.34. The van der Waals surface area contributed by atoms with Gasteiger partial charge in [0.2, 0.25) is 0 Å². The molecule has 0 aromatic heterocycles. The van der Waals surface area contributed by atoms with Crippen molar-refractivity contribution in [2.24, 2.45) is 5.92 Å². The summed E-state index contributed by atoms with van der Waals surface area (Å²) in [6.07, 6.45) is 3.25. The number of rotatable bonds is 6. The Morgan fingerprint density at radius 2 is 2.00 bits per heavy atom. The average molecular weight is 283 g/mol. The van der Waals surface area contributed by atoms with Gasteiger partial charge in [0.25, 0.3) is 5.91 Å². The first-order valence-corrected chi connectivity index (χ1v) is 7.14. The number of nitrogens with two attached hydrogens (primary N) is 1. The van der Waals surface area contributed by atoms with Crippen molar-refractivity contribution in [2.45, 2.75) is 46.1 Å². The molecule has 3 N–H and O–H groups in total. The van der Waals surface area contributed by atoms with Crippen LogP contribution in [0.4, 0.5) is 5.69 Å². The van der Waals surface area contributed by atoms with Gasteiger partial charge in [-0.05, 0) is 31.4 Å². The maximum absolute atomic E-state index is 12.1. The summed E-state index contributed by atoms with van der Waals surface area (Å²) in [6, 6.07) is 5.22. The lowest BCUT2D eigenvalue weighted by molar-refractivity contribution is 0.0939. The standard InChI is InChI=1S/C15H23ClN2O/c1-10(2)6-4-7-11(3)18-15(19)14-12(16)8-5-9-13(14)17/h5,8-11H,4,6-7,17H2,1-3H3,(H,18,19). The lowest BCUT2D eigenvalue weighted by Gasteiger charge is -2.16. The third-order valence-corrected chi connectivity index (χ3v) is 3.38. The molecule has 4 heteroatoms. The zero-order chi connectivity index (χ0) is 14.4. The largest absolute Gasteiger partial charge is 0.398 e. The van der Waals surface area contributed by atoms with E-state index in [-0.39, 0.29) is 11.9 Å². The fraction of sp³-hybridized carbons (Fsp3) is 0.533. The summed E-state index contributed by atoms with van der Waals surface area (Å²) in [5.74, 6) is 0.502. The van der Waals surface area contributed by atoms with Crippen LogP contribution in [0.5, 0.6) is 0 Å². The molecule has 0 aliphatic heterocycles. The van der Waals surface area contributed by atoms with Crippen LogP contribution in [0.15, 0.2) is 18.2 Å². The minimum absolute atomic E-state index is 0.127. The Morgan fingerprint density at radius 1 is 1.32 bits per heavy atom. The number of nitrogen functional groups attached to an aromatic ring is 1. The molecule has 0 spiro atoms. The average Bonchev–Trinajstić information content (AvgIpc) is 2.27. The molecule has 1 unspecified atom stereocenters. The van der Waals surface area contributed by atoms with Gasteiger partial charge < -0.3 is 11.1 Å². The highest BCUT2D eigenvalue weighted by Crippen LogP contribution is 2.22. The van der Waals surface area contributed by atoms with E-state index in [1.807, 2.05) is 6.92 Å². The van der Waals surface area contributed by atoms with E-state index >= 15 is 0 Å². The summed E-state index contributed by atoms with van der Waals surface area (Å²) in [4.78, 5) is 12.1. The van der Waals surface area contributed by atoms with Crippen LogP contribution in [-0.4, -0.2) is 11.9 Å². The van der Waals surface area contributed by atoms with E-state index in [1.54, 1.807) is 18.2 Å². The molecule has 0 aliphatic rings. The predicted octanol–water partition coefficient (Wildman–Crippen LogP) is 3.87. The quantitative estimate of drug-likeness (QED) is 0.778. The Balaban J connectivity index is 2.55. The van der Waals surface area contributed by atoms with Gasteiger partial charge in [0, 0.05) is 11.7 Å². The zero-order valence-corrected chi connectivity index (χ0v) is 12.6. The van der Waals surface area contributed by atoms with Crippen LogP contribution in [0.2, 0.25) is 5.02 Å². The molecular formula is C15H23ClN2O. The molecule has 1 amide bonds. The number of halogens is 1. The molecule has 0 bridgehead atoms. The molecule has 1 aromatic rings. The van der Waals surface area contributed by atoms with E-state index < -0.39 is 0 Å². The van der Waals surface area contributed by atoms with Gasteiger partial charge in [0.1, 0.15) is 0 Å². The van der Waals surface area contributed by atoms with Gasteiger partial charge in [-0.2, -0.15) is 0 Å². The minimum Gasteiger partial charge on any atom is -0.398 e. The zero-order valence-electron chi connectivity index (χ0n) is 11.9. The van der Waals surface area contributed by atoms with E-state index in [0.717, 1.165) is 12.8 Å². The lowest BCUT2D eigenvalue weighted by atomic mass is 10.0. The summed E-state index contributed by atoms with van der Waals surface area (Å²) in [5.41, 5.74) is 6.58. The van der Waals surface area contributed by atoms with Crippen LogP contribution >= 0.6 is 11.6 Å². The first kappa shape index (κ1) is 15.8. The van der Waals surface area contributed by atoms with E-state index in [4.69, 9.17) is 17.3 Å². The Labute approximate surface area is 120 Å². The van der Waals surface area contributed by atoms with Crippen molar-refractivity contribution < 1.29 is 4.79 Å². The molecular weight excluding hydrogens is 260 g/mol. The monoisotopic (exact) mass is 282 g/mol. The van der Waals surface area contributed by atoms with Crippen LogP contribution in [0.3, 0.4) is 0 Å². The summed E-state index contributed by atoms with van der Waals surface area (Å²) >= 11 is 6.01. The third kappa shape index (κ3) is 5.11. The highest BCUT2D eigenvalue weighted by molar-refractivity contribution is 6.34. The molecule has 0 radical (unpaired) electrons. The van der Waals surface area contributed by atoms with Crippen LogP contribution in [0, 0.1) is 5.92 Å². The molecule has 1 aromatic carbocycles. The van der Waals surface area contributed by atoms with Crippen molar-refractivity contribution in [1.82, 2.24) is 5.32 Å². The highest BCUT2D eigenvalue weighted by atomic mass is 35.5. The Bertz CT molecular complexity index is 412. The summed E-state index contributed by atoms with van der Waals surface area (Å²) < 4.78 is 0. The molecule has 3 nitrogen and oxygen atoms in total. The lowest BCUT2D eigenvalue weighted by Crippen LogP contribution is -2.33. The number of nitrogens with one attached hydrogen (secondary N) is 1. The summed E-state index contributed by atoms with van der Waals surface area (Å²) in [7, 11) is 0. The number of amides is 1. The van der Waals surface area contributed by atoms with Gasteiger partial charge in [-0.25, -0.2) is 0 Å². The molecule has 0 aliphatic carbocycles. The van der Waals surface area contributed by atoms with Gasteiger partial charge in [-0.1, -0.05) is 44.4 Å². The van der Waals surface area contributed by atoms with Crippen LogP contribution in [-0.2, 0) is 0 Å². The van der Waals surface area contributed by atoms with E-state index in [1.165, 1.54) is 6.42 Å². The molecule has 1 atom stereocenters. The second-order valence-corrected chi connectivity index (χ2v) is 5.81.